The average molecular weight is 372 g/mol. The molecule has 3 nitrogen and oxygen atoms in total. The molecular weight excluding hydrogens is 342 g/mol. The Labute approximate surface area is 168 Å². The highest BCUT2D eigenvalue weighted by molar-refractivity contribution is 5.61. The fraction of sp³-hybridized carbons (Fsp3) is 0.320. The Morgan fingerprint density at radius 1 is 0.821 bits per heavy atom. The number of benzene rings is 1. The molecule has 0 atom stereocenters. The highest BCUT2D eigenvalue weighted by Gasteiger charge is 2.15. The van der Waals surface area contributed by atoms with Crippen LogP contribution < -0.4 is 9.13 Å². The molecule has 0 spiro atoms. The molecule has 1 aromatic carbocycles. The van der Waals surface area contributed by atoms with Gasteiger partial charge in [-0.05, 0) is 42.3 Å². The second kappa shape index (κ2) is 8.92. The lowest BCUT2D eigenvalue weighted by Crippen LogP contribution is -2.32. The molecule has 28 heavy (non-hydrogen) atoms. The molecule has 2 heterocycles. The quantitative estimate of drug-likeness (QED) is 0.401. The maximum Gasteiger partial charge on any atom is 0.210 e. The van der Waals surface area contributed by atoms with Crippen LogP contribution in [0.1, 0.15) is 38.5 Å². The van der Waals surface area contributed by atoms with Crippen LogP contribution in [0.5, 0.6) is 0 Å². The monoisotopic (exact) mass is 371 g/mol. The number of rotatable bonds is 7. The van der Waals surface area contributed by atoms with Gasteiger partial charge in [-0.1, -0.05) is 25.7 Å². The van der Waals surface area contributed by atoms with Crippen LogP contribution in [0.15, 0.2) is 78.3 Å². The largest absolute Gasteiger partial charge is 0.265 e. The number of pyridine rings is 2. The van der Waals surface area contributed by atoms with E-state index < -0.39 is 0 Å². The fourth-order valence-electron chi connectivity index (χ4n) is 4.18. The number of nitrogens with zero attached hydrogens (tertiary/aromatic N) is 3. The third-order valence-corrected chi connectivity index (χ3v) is 5.89. The van der Waals surface area contributed by atoms with Crippen LogP contribution in [0.25, 0.3) is 16.8 Å². The third-order valence-electron chi connectivity index (χ3n) is 5.89. The summed E-state index contributed by atoms with van der Waals surface area (Å²) in [7, 11) is 0. The van der Waals surface area contributed by atoms with Crippen LogP contribution in [0, 0.1) is 5.92 Å². The van der Waals surface area contributed by atoms with Crippen molar-refractivity contribution in [2.45, 2.75) is 45.1 Å². The van der Waals surface area contributed by atoms with Gasteiger partial charge in [0.2, 0.25) is 5.69 Å². The third kappa shape index (κ3) is 4.53. The molecule has 142 valence electrons. The zero-order valence-corrected chi connectivity index (χ0v) is 16.5. The number of aryl methyl sites for hydroxylation is 1. The Kier molecular flexibility index (Phi) is 5.91. The van der Waals surface area contributed by atoms with Gasteiger partial charge in [0.25, 0.3) is 0 Å². The molecule has 1 saturated carbocycles. The lowest BCUT2D eigenvalue weighted by atomic mass is 10.0. The SMILES string of the molecule is C=Nc1ccc(-[n+]2ccc(-c3cc[n+](CCCC4CCCC4)cc3)cc2)cc1. The van der Waals surface area contributed by atoms with E-state index in [-0.39, 0.29) is 0 Å². The number of aromatic nitrogens is 2. The summed E-state index contributed by atoms with van der Waals surface area (Å²) >= 11 is 0. The predicted octanol–water partition coefficient (Wildman–Crippen LogP) is 5.22. The summed E-state index contributed by atoms with van der Waals surface area (Å²) in [4.78, 5) is 3.94. The van der Waals surface area contributed by atoms with Crippen LogP contribution >= 0.6 is 0 Å². The van der Waals surface area contributed by atoms with Crippen LogP contribution in [0.3, 0.4) is 0 Å². The van der Waals surface area contributed by atoms with E-state index in [1.165, 1.54) is 49.7 Å². The summed E-state index contributed by atoms with van der Waals surface area (Å²) in [6.45, 7) is 4.69. The highest BCUT2D eigenvalue weighted by Crippen LogP contribution is 2.28. The van der Waals surface area contributed by atoms with E-state index in [0.717, 1.165) is 23.8 Å². The Morgan fingerprint density at radius 2 is 1.43 bits per heavy atom. The van der Waals surface area contributed by atoms with Crippen molar-refractivity contribution in [3.8, 4) is 16.8 Å². The molecule has 2 aromatic heterocycles. The summed E-state index contributed by atoms with van der Waals surface area (Å²) in [6.07, 6.45) is 17.1. The van der Waals surface area contributed by atoms with Crippen molar-refractivity contribution >= 4 is 12.4 Å². The van der Waals surface area contributed by atoms with Crippen molar-refractivity contribution in [3.05, 3.63) is 73.3 Å². The predicted molar refractivity (Wildman–Crippen MR) is 114 cm³/mol. The second-order valence-corrected chi connectivity index (χ2v) is 7.79. The molecule has 0 aliphatic heterocycles. The van der Waals surface area contributed by atoms with Gasteiger partial charge < -0.3 is 0 Å². The number of aliphatic imine (C=N–C) groups is 1. The average Bonchev–Trinajstić information content (AvgIpc) is 3.28. The van der Waals surface area contributed by atoms with Crippen LogP contribution in [0.4, 0.5) is 5.69 Å². The van der Waals surface area contributed by atoms with E-state index in [9.17, 15) is 0 Å². The topological polar surface area (TPSA) is 20.1 Å². The molecular formula is C25H29N3+2. The van der Waals surface area contributed by atoms with E-state index in [2.05, 4.69) is 82.0 Å². The zero-order chi connectivity index (χ0) is 19.2. The number of hydrogen-bond donors (Lipinski definition) is 0. The minimum absolute atomic E-state index is 0.891. The summed E-state index contributed by atoms with van der Waals surface area (Å²) in [5.74, 6) is 0.986. The molecule has 0 bridgehead atoms. The van der Waals surface area contributed by atoms with Crippen molar-refractivity contribution in [2.75, 3.05) is 0 Å². The first-order chi connectivity index (χ1) is 13.8. The molecule has 0 saturated heterocycles. The van der Waals surface area contributed by atoms with E-state index in [1.54, 1.807) is 0 Å². The lowest BCUT2D eigenvalue weighted by molar-refractivity contribution is -0.697. The Balaban J connectivity index is 1.37. The van der Waals surface area contributed by atoms with Crippen molar-refractivity contribution < 1.29 is 9.13 Å². The van der Waals surface area contributed by atoms with Crippen LogP contribution in [0.2, 0.25) is 0 Å². The minimum atomic E-state index is 0.891. The lowest BCUT2D eigenvalue weighted by Gasteiger charge is -2.06. The first kappa shape index (κ1) is 18.5. The van der Waals surface area contributed by atoms with Crippen molar-refractivity contribution in [3.63, 3.8) is 0 Å². The van der Waals surface area contributed by atoms with Gasteiger partial charge in [0.05, 0.1) is 5.69 Å². The summed E-state index contributed by atoms with van der Waals surface area (Å²) in [5, 5.41) is 0. The molecule has 1 aliphatic carbocycles. The minimum Gasteiger partial charge on any atom is -0.265 e. The summed E-state index contributed by atoms with van der Waals surface area (Å²) in [5.41, 5.74) is 4.50. The molecule has 1 fully saturated rings. The van der Waals surface area contributed by atoms with Gasteiger partial charge in [-0.2, -0.15) is 4.57 Å². The molecule has 1 aliphatic rings. The van der Waals surface area contributed by atoms with Gasteiger partial charge in [-0.15, -0.1) is 0 Å². The van der Waals surface area contributed by atoms with Crippen molar-refractivity contribution in [2.24, 2.45) is 10.9 Å². The summed E-state index contributed by atoms with van der Waals surface area (Å²) < 4.78 is 4.43. The molecule has 0 N–H and O–H groups in total. The van der Waals surface area contributed by atoms with E-state index >= 15 is 0 Å². The smallest absolute Gasteiger partial charge is 0.210 e. The second-order valence-electron chi connectivity index (χ2n) is 7.79. The van der Waals surface area contributed by atoms with Gasteiger partial charge in [0.1, 0.15) is 6.54 Å². The molecule has 4 rings (SSSR count). The fourth-order valence-corrected chi connectivity index (χ4v) is 4.18. The molecule has 3 heteroatoms. The summed E-state index contributed by atoms with van der Waals surface area (Å²) in [6, 6.07) is 16.8. The standard InChI is InChI=1S/C25H29N3/c1-26-24-8-10-25(11-9-24)28-19-14-23(15-20-28)22-12-17-27(18-13-22)16-4-7-21-5-2-3-6-21/h8-15,17-21H,1-7,16H2/q+2. The highest BCUT2D eigenvalue weighted by atomic mass is 14.9. The van der Waals surface area contributed by atoms with Crippen LogP contribution in [-0.4, -0.2) is 6.72 Å². The van der Waals surface area contributed by atoms with Crippen molar-refractivity contribution in [1.82, 2.24) is 0 Å². The van der Waals surface area contributed by atoms with Gasteiger partial charge >= 0.3 is 0 Å². The molecule has 3 aromatic rings. The van der Waals surface area contributed by atoms with Gasteiger partial charge in [-0.25, -0.2) is 4.57 Å². The van der Waals surface area contributed by atoms with E-state index in [1.807, 2.05) is 12.1 Å². The van der Waals surface area contributed by atoms with Gasteiger partial charge in [-0.3, -0.25) is 4.99 Å². The van der Waals surface area contributed by atoms with Gasteiger partial charge in [0.15, 0.2) is 24.8 Å². The normalized spacial score (nSPS) is 14.3. The molecule has 0 radical (unpaired) electrons. The maximum absolute atomic E-state index is 3.94. The van der Waals surface area contributed by atoms with Crippen molar-refractivity contribution in [1.29, 1.82) is 0 Å². The van der Waals surface area contributed by atoms with Gasteiger partial charge in [0, 0.05) is 42.8 Å². The number of hydrogen-bond acceptors (Lipinski definition) is 1. The Hall–Kier alpha value is -2.81. The first-order valence-corrected chi connectivity index (χ1v) is 10.4. The van der Waals surface area contributed by atoms with Crippen LogP contribution in [-0.2, 0) is 6.54 Å². The van der Waals surface area contributed by atoms with E-state index in [4.69, 9.17) is 0 Å². The molecule has 0 unspecified atom stereocenters. The molecule has 0 amide bonds. The maximum atomic E-state index is 3.94. The van der Waals surface area contributed by atoms with E-state index in [0.29, 0.717) is 0 Å². The Morgan fingerprint density at radius 3 is 2.04 bits per heavy atom. The zero-order valence-electron chi connectivity index (χ0n) is 16.5. The first-order valence-electron chi connectivity index (χ1n) is 10.4. The Bertz CT molecular complexity index is 890.